The van der Waals surface area contributed by atoms with Crippen molar-refractivity contribution in [3.8, 4) is 0 Å². The third-order valence-electron chi connectivity index (χ3n) is 5.28. The zero-order valence-corrected chi connectivity index (χ0v) is 20.1. The first-order valence-corrected chi connectivity index (χ1v) is 10.6. The predicted octanol–water partition coefficient (Wildman–Crippen LogP) is 3.57. The van der Waals surface area contributed by atoms with Gasteiger partial charge in [-0.05, 0) is 50.2 Å². The minimum absolute atomic E-state index is 0.173. The van der Waals surface area contributed by atoms with Crippen molar-refractivity contribution >= 4 is 11.9 Å². The van der Waals surface area contributed by atoms with E-state index in [1.54, 1.807) is 12.1 Å². The second-order valence-electron chi connectivity index (χ2n) is 8.32. The number of carboxylic acids is 2. The molecule has 1 aromatic heterocycles. The Morgan fingerprint density at radius 1 is 1.00 bits per heavy atom. The topological polar surface area (TPSA) is 98.9 Å². The summed E-state index contributed by atoms with van der Waals surface area (Å²) in [5, 5.41) is 18.5. The zero-order chi connectivity index (χ0) is 28.6. The summed E-state index contributed by atoms with van der Waals surface area (Å²) in [5.74, 6) is -5.69. The summed E-state index contributed by atoms with van der Waals surface area (Å²) >= 11 is 0. The molecule has 208 valence electrons. The number of carboxylic acid groups (broad SMARTS) is 2. The van der Waals surface area contributed by atoms with Gasteiger partial charge in [0.25, 0.3) is 0 Å². The number of likely N-dealkylation sites (tertiary alicyclic amines) is 1. The van der Waals surface area contributed by atoms with Crippen molar-refractivity contribution in [3.05, 3.63) is 53.6 Å². The highest BCUT2D eigenvalue weighted by atomic mass is 19.4. The van der Waals surface area contributed by atoms with Gasteiger partial charge in [-0.1, -0.05) is 12.1 Å². The van der Waals surface area contributed by atoms with Crippen molar-refractivity contribution < 1.29 is 50.5 Å². The lowest BCUT2D eigenvalue weighted by Crippen LogP contribution is -2.43. The van der Waals surface area contributed by atoms with E-state index in [1.807, 2.05) is 30.1 Å². The Hall–Kier alpha value is -3.20. The number of likely N-dealkylation sites (N-methyl/N-ethyl adjacent to an activating group) is 1. The van der Waals surface area contributed by atoms with Crippen molar-refractivity contribution in [1.82, 2.24) is 19.6 Å². The van der Waals surface area contributed by atoms with Crippen molar-refractivity contribution in [2.45, 2.75) is 43.8 Å². The van der Waals surface area contributed by atoms with E-state index in [1.165, 1.54) is 17.5 Å². The average Bonchev–Trinajstić information content (AvgIpc) is 3.35. The number of hydrogen-bond acceptors (Lipinski definition) is 5. The minimum atomic E-state index is -5.08. The second kappa shape index (κ2) is 13.4. The van der Waals surface area contributed by atoms with Gasteiger partial charge >= 0.3 is 24.3 Å². The van der Waals surface area contributed by atoms with Crippen LogP contribution in [0.3, 0.4) is 0 Å². The molecule has 2 heterocycles. The van der Waals surface area contributed by atoms with E-state index < -0.39 is 24.3 Å². The molecule has 2 aromatic rings. The number of carbonyl (C=O) groups is 2. The molecule has 37 heavy (non-hydrogen) atoms. The fourth-order valence-electron chi connectivity index (χ4n) is 3.61. The predicted molar refractivity (Wildman–Crippen MR) is 117 cm³/mol. The van der Waals surface area contributed by atoms with Gasteiger partial charge in [0.15, 0.2) is 0 Å². The number of rotatable bonds is 5. The molecule has 0 unspecified atom stereocenters. The SMILES string of the molecule is CN(C)[C@@H]1CCN(Cc2ccc(F)cc2)[C@H]1Cc1cnn(C)c1.O=C(O)C(F)(F)F.O=C(O)C(F)(F)F. The van der Waals surface area contributed by atoms with Gasteiger partial charge in [0.05, 0.1) is 6.20 Å². The average molecular weight is 544 g/mol. The Labute approximate surface area is 207 Å². The van der Waals surface area contributed by atoms with Crippen LogP contribution < -0.4 is 0 Å². The van der Waals surface area contributed by atoms with Gasteiger partial charge in [0, 0.05) is 38.4 Å². The molecule has 0 saturated carbocycles. The highest BCUT2D eigenvalue weighted by Gasteiger charge is 2.39. The van der Waals surface area contributed by atoms with Gasteiger partial charge in [-0.15, -0.1) is 0 Å². The molecule has 15 heteroatoms. The van der Waals surface area contributed by atoms with Gasteiger partial charge in [-0.25, -0.2) is 14.0 Å². The summed E-state index contributed by atoms with van der Waals surface area (Å²) in [5.41, 5.74) is 2.44. The van der Waals surface area contributed by atoms with E-state index in [2.05, 4.69) is 35.2 Å². The van der Waals surface area contributed by atoms with Crippen LogP contribution in [0.1, 0.15) is 17.5 Å². The maximum atomic E-state index is 13.1. The van der Waals surface area contributed by atoms with Gasteiger partial charge in [-0.2, -0.15) is 31.4 Å². The van der Waals surface area contributed by atoms with Crippen LogP contribution in [-0.4, -0.2) is 86.8 Å². The van der Waals surface area contributed by atoms with E-state index >= 15 is 0 Å². The monoisotopic (exact) mass is 544 g/mol. The third kappa shape index (κ3) is 11.2. The lowest BCUT2D eigenvalue weighted by atomic mass is 10.0. The molecule has 1 fully saturated rings. The van der Waals surface area contributed by atoms with Crippen molar-refractivity contribution in [1.29, 1.82) is 0 Å². The van der Waals surface area contributed by atoms with Crippen LogP contribution in [0.15, 0.2) is 36.7 Å². The lowest BCUT2D eigenvalue weighted by Gasteiger charge is -2.31. The lowest BCUT2D eigenvalue weighted by molar-refractivity contribution is -0.193. The molecule has 0 radical (unpaired) electrons. The Kier molecular flexibility index (Phi) is 11.5. The Balaban J connectivity index is 0.000000404. The summed E-state index contributed by atoms with van der Waals surface area (Å²) in [6.45, 7) is 1.95. The van der Waals surface area contributed by atoms with Crippen LogP contribution in [0.4, 0.5) is 30.7 Å². The zero-order valence-electron chi connectivity index (χ0n) is 20.1. The molecule has 0 spiro atoms. The fraction of sp³-hybridized carbons (Fsp3) is 0.500. The van der Waals surface area contributed by atoms with Crippen molar-refractivity contribution in [3.63, 3.8) is 0 Å². The van der Waals surface area contributed by atoms with Crippen molar-refractivity contribution in [2.75, 3.05) is 20.6 Å². The van der Waals surface area contributed by atoms with E-state index in [9.17, 15) is 30.7 Å². The van der Waals surface area contributed by atoms with Crippen LogP contribution in [-0.2, 0) is 29.6 Å². The molecule has 0 bridgehead atoms. The number of benzene rings is 1. The van der Waals surface area contributed by atoms with Gasteiger partial charge in [0.2, 0.25) is 0 Å². The van der Waals surface area contributed by atoms with Crippen LogP contribution >= 0.6 is 0 Å². The summed E-state index contributed by atoms with van der Waals surface area (Å²) in [7, 11) is 6.27. The number of nitrogens with zero attached hydrogens (tertiary/aromatic N) is 4. The van der Waals surface area contributed by atoms with E-state index in [4.69, 9.17) is 19.8 Å². The number of aryl methyl sites for hydroxylation is 1. The highest BCUT2D eigenvalue weighted by Crippen LogP contribution is 2.26. The summed E-state index contributed by atoms with van der Waals surface area (Å²) < 4.78 is 78.4. The van der Waals surface area contributed by atoms with Crippen LogP contribution in [0.25, 0.3) is 0 Å². The van der Waals surface area contributed by atoms with E-state index in [-0.39, 0.29) is 5.82 Å². The Bertz CT molecular complexity index is 984. The molecular weight excluding hydrogens is 517 g/mol. The fourth-order valence-corrected chi connectivity index (χ4v) is 3.61. The number of halogens is 7. The molecule has 2 atom stereocenters. The summed E-state index contributed by atoms with van der Waals surface area (Å²) in [6, 6.07) is 7.87. The van der Waals surface area contributed by atoms with Gasteiger partial charge < -0.3 is 15.1 Å². The molecule has 1 aromatic carbocycles. The smallest absolute Gasteiger partial charge is 0.475 e. The number of aliphatic carboxylic acids is 2. The molecule has 0 aliphatic carbocycles. The van der Waals surface area contributed by atoms with Crippen molar-refractivity contribution in [2.24, 2.45) is 7.05 Å². The Morgan fingerprint density at radius 3 is 1.86 bits per heavy atom. The van der Waals surface area contributed by atoms with Gasteiger partial charge in [-0.3, -0.25) is 9.58 Å². The maximum absolute atomic E-state index is 13.1. The molecule has 0 amide bonds. The molecular formula is C22H27F7N4O4. The Morgan fingerprint density at radius 2 is 1.49 bits per heavy atom. The summed E-state index contributed by atoms with van der Waals surface area (Å²) in [4.78, 5) is 22.6. The number of hydrogen-bond donors (Lipinski definition) is 2. The largest absolute Gasteiger partial charge is 0.490 e. The highest BCUT2D eigenvalue weighted by molar-refractivity contribution is 5.73. The molecule has 2 N–H and O–H groups in total. The molecule has 3 rings (SSSR count). The van der Waals surface area contributed by atoms with Crippen LogP contribution in [0, 0.1) is 5.82 Å². The van der Waals surface area contributed by atoms with E-state index in [0.29, 0.717) is 12.1 Å². The molecule has 8 nitrogen and oxygen atoms in total. The first-order chi connectivity index (χ1) is 16.9. The summed E-state index contributed by atoms with van der Waals surface area (Å²) in [6.07, 6.45) is -3.95. The minimum Gasteiger partial charge on any atom is -0.475 e. The van der Waals surface area contributed by atoms with Gasteiger partial charge in [0.1, 0.15) is 5.82 Å². The van der Waals surface area contributed by atoms with Crippen LogP contribution in [0.5, 0.6) is 0 Å². The standard InChI is InChI=1S/C18H25FN4.2C2HF3O2/c1-21(2)17-8-9-23(13-14-4-6-16(19)7-5-14)18(17)10-15-11-20-22(3)12-15;2*3-2(4,5)1(6)7/h4-7,11-12,17-18H,8-10,13H2,1-3H3;2*(H,6,7)/t17-,18+;;/m1../s1. The molecule has 1 aliphatic rings. The quantitative estimate of drug-likeness (QED) is 0.556. The first-order valence-electron chi connectivity index (χ1n) is 10.6. The maximum Gasteiger partial charge on any atom is 0.490 e. The normalized spacial score (nSPS) is 18.0. The molecule has 1 aliphatic heterocycles. The van der Waals surface area contributed by atoms with E-state index in [0.717, 1.165) is 19.5 Å². The number of alkyl halides is 6. The van der Waals surface area contributed by atoms with Crippen LogP contribution in [0.2, 0.25) is 0 Å². The third-order valence-corrected chi connectivity index (χ3v) is 5.28. The second-order valence-corrected chi connectivity index (χ2v) is 8.32. The first kappa shape index (κ1) is 31.8. The molecule has 1 saturated heterocycles. The number of aromatic nitrogens is 2.